The van der Waals surface area contributed by atoms with Crippen LogP contribution < -0.4 is 15.4 Å². The molecular formula is C20H35N5O. The molecule has 0 aromatic carbocycles. The fraction of sp³-hybridized carbons (Fsp3) is 0.700. The van der Waals surface area contributed by atoms with E-state index < -0.39 is 0 Å². The van der Waals surface area contributed by atoms with Gasteiger partial charge in [0.05, 0.1) is 6.61 Å². The van der Waals surface area contributed by atoms with E-state index in [0.29, 0.717) is 19.0 Å². The predicted octanol–water partition coefficient (Wildman–Crippen LogP) is 2.66. The van der Waals surface area contributed by atoms with Crippen molar-refractivity contribution in [2.75, 3.05) is 39.8 Å². The van der Waals surface area contributed by atoms with Crippen LogP contribution in [0.3, 0.4) is 0 Å². The second-order valence-electron chi connectivity index (χ2n) is 7.05. The van der Waals surface area contributed by atoms with Gasteiger partial charge in [0.15, 0.2) is 5.96 Å². The third kappa shape index (κ3) is 7.20. The van der Waals surface area contributed by atoms with Crippen molar-refractivity contribution in [2.45, 2.75) is 46.1 Å². The quantitative estimate of drug-likeness (QED) is 0.402. The van der Waals surface area contributed by atoms with Crippen molar-refractivity contribution in [1.29, 1.82) is 0 Å². The van der Waals surface area contributed by atoms with Gasteiger partial charge in [0.2, 0.25) is 5.88 Å². The average molecular weight is 362 g/mol. The maximum atomic E-state index is 5.71. The Morgan fingerprint density at radius 3 is 2.88 bits per heavy atom. The Labute approximate surface area is 158 Å². The number of likely N-dealkylation sites (tertiary alicyclic amines) is 1. The third-order valence-corrected chi connectivity index (χ3v) is 4.78. The van der Waals surface area contributed by atoms with Gasteiger partial charge in [0, 0.05) is 31.9 Å². The fourth-order valence-corrected chi connectivity index (χ4v) is 3.08. The van der Waals surface area contributed by atoms with Crippen molar-refractivity contribution in [3.05, 3.63) is 23.9 Å². The van der Waals surface area contributed by atoms with Crippen LogP contribution in [0.2, 0.25) is 0 Å². The number of guanidine groups is 1. The maximum Gasteiger partial charge on any atom is 0.218 e. The fourth-order valence-electron chi connectivity index (χ4n) is 3.08. The predicted molar refractivity (Wildman–Crippen MR) is 108 cm³/mol. The van der Waals surface area contributed by atoms with Crippen LogP contribution >= 0.6 is 0 Å². The standard InChI is InChI=1S/C20H35N5O/c1-4-15-26-19-18(7-5-10-22-19)16-24-20(21-3)23-11-6-12-25-13-8-17(2)9-14-25/h5,7,10,17H,4,6,8-9,11-16H2,1-3H3,(H2,21,23,24). The Hall–Kier alpha value is -1.82. The molecule has 1 aromatic rings. The molecule has 0 unspecified atom stereocenters. The number of nitrogens with one attached hydrogen (secondary N) is 2. The molecule has 26 heavy (non-hydrogen) atoms. The number of nitrogens with zero attached hydrogens (tertiary/aromatic N) is 3. The second kappa shape index (κ2) is 11.7. The summed E-state index contributed by atoms with van der Waals surface area (Å²) in [5.41, 5.74) is 1.05. The Morgan fingerprint density at radius 1 is 1.35 bits per heavy atom. The highest BCUT2D eigenvalue weighted by Gasteiger charge is 2.14. The van der Waals surface area contributed by atoms with Crippen LogP contribution in [0.1, 0.15) is 45.1 Å². The summed E-state index contributed by atoms with van der Waals surface area (Å²) < 4.78 is 5.71. The first kappa shape index (κ1) is 20.5. The van der Waals surface area contributed by atoms with E-state index in [1.807, 2.05) is 12.1 Å². The monoisotopic (exact) mass is 361 g/mol. The third-order valence-electron chi connectivity index (χ3n) is 4.78. The molecule has 1 fully saturated rings. The van der Waals surface area contributed by atoms with E-state index in [0.717, 1.165) is 43.4 Å². The van der Waals surface area contributed by atoms with Crippen LogP contribution in [-0.4, -0.2) is 55.7 Å². The van der Waals surface area contributed by atoms with Crippen molar-refractivity contribution < 1.29 is 4.74 Å². The summed E-state index contributed by atoms with van der Waals surface area (Å²) in [5.74, 6) is 2.42. The van der Waals surface area contributed by atoms with Gasteiger partial charge in [-0.05, 0) is 57.3 Å². The Bertz CT molecular complexity index is 541. The molecule has 2 N–H and O–H groups in total. The molecular weight excluding hydrogens is 326 g/mol. The second-order valence-corrected chi connectivity index (χ2v) is 7.05. The topological polar surface area (TPSA) is 61.8 Å². The molecule has 146 valence electrons. The van der Waals surface area contributed by atoms with Gasteiger partial charge in [-0.25, -0.2) is 4.98 Å². The zero-order chi connectivity index (χ0) is 18.6. The molecule has 1 aliphatic heterocycles. The molecule has 2 heterocycles. The lowest BCUT2D eigenvalue weighted by molar-refractivity contribution is 0.191. The zero-order valence-electron chi connectivity index (χ0n) is 16.6. The molecule has 1 saturated heterocycles. The summed E-state index contributed by atoms with van der Waals surface area (Å²) >= 11 is 0. The van der Waals surface area contributed by atoms with Crippen molar-refractivity contribution in [3.63, 3.8) is 0 Å². The van der Waals surface area contributed by atoms with Crippen LogP contribution in [0, 0.1) is 5.92 Å². The van der Waals surface area contributed by atoms with E-state index in [2.05, 4.69) is 39.4 Å². The SMILES string of the molecule is CCCOc1ncccc1CNC(=NC)NCCCN1CCC(C)CC1. The van der Waals surface area contributed by atoms with Crippen molar-refractivity contribution in [2.24, 2.45) is 10.9 Å². The average Bonchev–Trinajstić information content (AvgIpc) is 2.68. The maximum absolute atomic E-state index is 5.71. The lowest BCUT2D eigenvalue weighted by Gasteiger charge is -2.30. The van der Waals surface area contributed by atoms with Gasteiger partial charge in [0.25, 0.3) is 0 Å². The zero-order valence-corrected chi connectivity index (χ0v) is 16.6. The van der Waals surface area contributed by atoms with Crippen LogP contribution in [0.4, 0.5) is 0 Å². The minimum atomic E-state index is 0.649. The van der Waals surface area contributed by atoms with Gasteiger partial charge in [-0.2, -0.15) is 0 Å². The first-order valence-corrected chi connectivity index (χ1v) is 9.96. The van der Waals surface area contributed by atoms with E-state index in [1.165, 1.54) is 25.9 Å². The number of aliphatic imine (C=N–C) groups is 1. The van der Waals surface area contributed by atoms with Gasteiger partial charge in [0.1, 0.15) is 0 Å². The summed E-state index contributed by atoms with van der Waals surface area (Å²) in [7, 11) is 1.80. The summed E-state index contributed by atoms with van der Waals surface area (Å²) in [4.78, 5) is 11.2. The molecule has 1 aliphatic rings. The number of hydrogen-bond acceptors (Lipinski definition) is 4. The van der Waals surface area contributed by atoms with E-state index >= 15 is 0 Å². The normalized spacial score (nSPS) is 16.5. The highest BCUT2D eigenvalue weighted by Crippen LogP contribution is 2.16. The van der Waals surface area contributed by atoms with E-state index in [9.17, 15) is 0 Å². The molecule has 0 spiro atoms. The summed E-state index contributed by atoms with van der Waals surface area (Å²) in [5, 5.41) is 6.75. The number of piperidine rings is 1. The van der Waals surface area contributed by atoms with Crippen molar-refractivity contribution >= 4 is 5.96 Å². The summed E-state index contributed by atoms with van der Waals surface area (Å²) in [6.45, 7) is 10.4. The number of ether oxygens (including phenoxy) is 1. The first-order chi connectivity index (χ1) is 12.7. The Balaban J connectivity index is 1.68. The highest BCUT2D eigenvalue weighted by molar-refractivity contribution is 5.79. The summed E-state index contributed by atoms with van der Waals surface area (Å²) in [6, 6.07) is 3.97. The summed E-state index contributed by atoms with van der Waals surface area (Å²) in [6.07, 6.45) is 6.55. The number of hydrogen-bond donors (Lipinski definition) is 2. The molecule has 0 amide bonds. The van der Waals surface area contributed by atoms with Gasteiger partial charge in [-0.3, -0.25) is 4.99 Å². The van der Waals surface area contributed by atoms with Gasteiger partial charge >= 0.3 is 0 Å². The molecule has 0 radical (unpaired) electrons. The molecule has 0 atom stereocenters. The van der Waals surface area contributed by atoms with Gasteiger partial charge in [-0.1, -0.05) is 19.9 Å². The smallest absolute Gasteiger partial charge is 0.218 e. The van der Waals surface area contributed by atoms with Crippen LogP contribution in [0.5, 0.6) is 5.88 Å². The number of rotatable bonds is 9. The van der Waals surface area contributed by atoms with Crippen molar-refractivity contribution in [3.8, 4) is 5.88 Å². The lowest BCUT2D eigenvalue weighted by Crippen LogP contribution is -2.39. The Morgan fingerprint density at radius 2 is 2.15 bits per heavy atom. The van der Waals surface area contributed by atoms with Crippen LogP contribution in [-0.2, 0) is 6.54 Å². The van der Waals surface area contributed by atoms with E-state index in [-0.39, 0.29) is 0 Å². The minimum Gasteiger partial charge on any atom is -0.477 e. The molecule has 6 heteroatoms. The van der Waals surface area contributed by atoms with Crippen LogP contribution in [0.15, 0.2) is 23.3 Å². The lowest BCUT2D eigenvalue weighted by atomic mass is 9.99. The molecule has 6 nitrogen and oxygen atoms in total. The number of aromatic nitrogens is 1. The van der Waals surface area contributed by atoms with E-state index in [1.54, 1.807) is 13.2 Å². The molecule has 1 aromatic heterocycles. The minimum absolute atomic E-state index is 0.649. The molecule has 2 rings (SSSR count). The van der Waals surface area contributed by atoms with Gasteiger partial charge in [-0.15, -0.1) is 0 Å². The first-order valence-electron chi connectivity index (χ1n) is 9.96. The van der Waals surface area contributed by atoms with Crippen molar-refractivity contribution in [1.82, 2.24) is 20.5 Å². The molecule has 0 bridgehead atoms. The largest absolute Gasteiger partial charge is 0.477 e. The van der Waals surface area contributed by atoms with Gasteiger partial charge < -0.3 is 20.3 Å². The number of pyridine rings is 1. The highest BCUT2D eigenvalue weighted by atomic mass is 16.5. The molecule has 0 aliphatic carbocycles. The Kier molecular flexibility index (Phi) is 9.24. The van der Waals surface area contributed by atoms with Crippen LogP contribution in [0.25, 0.3) is 0 Å². The molecule has 0 saturated carbocycles. The van der Waals surface area contributed by atoms with E-state index in [4.69, 9.17) is 4.74 Å².